The van der Waals surface area contributed by atoms with E-state index in [0.29, 0.717) is 24.6 Å². The Morgan fingerprint density at radius 2 is 2.33 bits per heavy atom. The lowest BCUT2D eigenvalue weighted by molar-refractivity contribution is -0.139. The number of rotatable bonds is 5. The first-order valence-corrected chi connectivity index (χ1v) is 5.75. The molecule has 6 heteroatoms. The summed E-state index contributed by atoms with van der Waals surface area (Å²) in [5.41, 5.74) is 0.473. The zero-order valence-corrected chi connectivity index (χ0v) is 9.92. The fourth-order valence-corrected chi connectivity index (χ4v) is 1.72. The van der Waals surface area contributed by atoms with Crippen LogP contribution < -0.4 is 10.1 Å². The van der Waals surface area contributed by atoms with Gasteiger partial charge in [-0.1, -0.05) is 0 Å². The number of amides is 1. The average molecular weight is 250 g/mol. The highest BCUT2D eigenvalue weighted by Gasteiger charge is 2.48. The van der Waals surface area contributed by atoms with Gasteiger partial charge in [-0.2, -0.15) is 0 Å². The van der Waals surface area contributed by atoms with E-state index in [1.54, 1.807) is 18.3 Å². The third kappa shape index (κ3) is 2.58. The predicted molar refractivity (Wildman–Crippen MR) is 63.3 cm³/mol. The number of aromatic nitrogens is 1. The van der Waals surface area contributed by atoms with Gasteiger partial charge in [0.1, 0.15) is 5.69 Å². The number of pyridine rings is 1. The van der Waals surface area contributed by atoms with Crippen molar-refractivity contribution in [2.75, 3.05) is 11.9 Å². The van der Waals surface area contributed by atoms with Gasteiger partial charge in [-0.25, -0.2) is 4.98 Å². The van der Waals surface area contributed by atoms with Crippen molar-refractivity contribution in [2.45, 2.75) is 13.3 Å². The van der Waals surface area contributed by atoms with Crippen LogP contribution in [0.5, 0.6) is 5.88 Å². The van der Waals surface area contributed by atoms with E-state index in [4.69, 9.17) is 9.84 Å². The summed E-state index contributed by atoms with van der Waals surface area (Å²) in [4.78, 5) is 26.5. The summed E-state index contributed by atoms with van der Waals surface area (Å²) in [5.74, 6) is -1.88. The van der Waals surface area contributed by atoms with Crippen molar-refractivity contribution in [1.29, 1.82) is 0 Å². The monoisotopic (exact) mass is 250 g/mol. The molecule has 0 spiro atoms. The van der Waals surface area contributed by atoms with E-state index in [-0.39, 0.29) is 5.91 Å². The maximum absolute atomic E-state index is 11.8. The molecule has 0 unspecified atom stereocenters. The Kier molecular flexibility index (Phi) is 3.45. The van der Waals surface area contributed by atoms with Crippen LogP contribution in [-0.4, -0.2) is 28.6 Å². The van der Waals surface area contributed by atoms with Crippen LogP contribution in [0.3, 0.4) is 0 Å². The summed E-state index contributed by atoms with van der Waals surface area (Å²) in [6.07, 6.45) is 1.96. The summed E-state index contributed by atoms with van der Waals surface area (Å²) < 4.78 is 5.27. The molecule has 0 aliphatic heterocycles. The van der Waals surface area contributed by atoms with Gasteiger partial charge in [-0.3, -0.25) is 9.59 Å². The van der Waals surface area contributed by atoms with Crippen LogP contribution in [0, 0.1) is 11.8 Å². The number of hydrogen-bond acceptors (Lipinski definition) is 4. The number of carbonyl (C=O) groups is 2. The predicted octanol–water partition coefficient (Wildman–Crippen LogP) is 1.14. The second-order valence-corrected chi connectivity index (χ2v) is 4.07. The molecular formula is C12H14N2O4. The molecule has 2 rings (SSSR count). The average Bonchev–Trinajstić information content (AvgIpc) is 3.12. The molecule has 0 aromatic carbocycles. The molecule has 6 nitrogen and oxygen atoms in total. The lowest BCUT2D eigenvalue weighted by atomic mass is 10.3. The third-order valence-corrected chi connectivity index (χ3v) is 2.75. The van der Waals surface area contributed by atoms with Crippen LogP contribution in [0.15, 0.2) is 18.3 Å². The Labute approximate surface area is 104 Å². The summed E-state index contributed by atoms with van der Waals surface area (Å²) in [7, 11) is 0. The summed E-state index contributed by atoms with van der Waals surface area (Å²) in [6.45, 7) is 2.27. The van der Waals surface area contributed by atoms with E-state index >= 15 is 0 Å². The highest BCUT2D eigenvalue weighted by Crippen LogP contribution is 2.39. The first kappa shape index (κ1) is 12.3. The molecular weight excluding hydrogens is 236 g/mol. The van der Waals surface area contributed by atoms with Gasteiger partial charge in [0.05, 0.1) is 18.4 Å². The van der Waals surface area contributed by atoms with Gasteiger partial charge in [0.25, 0.3) is 0 Å². The van der Waals surface area contributed by atoms with Crippen molar-refractivity contribution in [3.05, 3.63) is 18.3 Å². The molecule has 1 aromatic rings. The molecule has 18 heavy (non-hydrogen) atoms. The highest BCUT2D eigenvalue weighted by molar-refractivity contribution is 5.98. The second kappa shape index (κ2) is 5.03. The molecule has 2 N–H and O–H groups in total. The summed E-state index contributed by atoms with van der Waals surface area (Å²) >= 11 is 0. The molecule has 96 valence electrons. The zero-order valence-electron chi connectivity index (χ0n) is 9.92. The topological polar surface area (TPSA) is 88.5 Å². The second-order valence-electron chi connectivity index (χ2n) is 4.07. The van der Waals surface area contributed by atoms with Gasteiger partial charge in [-0.15, -0.1) is 0 Å². The number of anilines is 1. The van der Waals surface area contributed by atoms with Crippen molar-refractivity contribution >= 4 is 17.6 Å². The van der Waals surface area contributed by atoms with E-state index in [9.17, 15) is 9.59 Å². The quantitative estimate of drug-likeness (QED) is 0.818. The number of aliphatic carboxylic acids is 1. The van der Waals surface area contributed by atoms with Crippen molar-refractivity contribution in [3.63, 3.8) is 0 Å². The molecule has 1 heterocycles. The van der Waals surface area contributed by atoms with Crippen molar-refractivity contribution in [1.82, 2.24) is 4.98 Å². The van der Waals surface area contributed by atoms with Gasteiger partial charge >= 0.3 is 5.97 Å². The molecule has 0 saturated heterocycles. The number of carboxylic acids is 1. The lowest BCUT2D eigenvalue weighted by Gasteiger charge is -2.09. The minimum absolute atomic E-state index is 0.295. The van der Waals surface area contributed by atoms with Crippen LogP contribution in [0.4, 0.5) is 5.69 Å². The maximum atomic E-state index is 11.8. The first-order chi connectivity index (χ1) is 8.63. The van der Waals surface area contributed by atoms with Crippen molar-refractivity contribution < 1.29 is 19.4 Å². The fourth-order valence-electron chi connectivity index (χ4n) is 1.72. The molecule has 0 bridgehead atoms. The van der Waals surface area contributed by atoms with E-state index in [1.165, 1.54) is 0 Å². The Balaban J connectivity index is 2.01. The van der Waals surface area contributed by atoms with Gasteiger partial charge in [-0.05, 0) is 25.5 Å². The van der Waals surface area contributed by atoms with E-state index in [1.807, 2.05) is 6.92 Å². The summed E-state index contributed by atoms with van der Waals surface area (Å²) in [5, 5.41) is 11.4. The smallest absolute Gasteiger partial charge is 0.307 e. The normalized spacial score (nSPS) is 21.2. The van der Waals surface area contributed by atoms with Gasteiger partial charge in [0, 0.05) is 6.20 Å². The minimum atomic E-state index is -0.925. The lowest BCUT2D eigenvalue weighted by Crippen LogP contribution is -2.17. The van der Waals surface area contributed by atoms with E-state index in [0.717, 1.165) is 0 Å². The largest absolute Gasteiger partial charge is 0.481 e. The third-order valence-electron chi connectivity index (χ3n) is 2.75. The van der Waals surface area contributed by atoms with E-state index < -0.39 is 17.8 Å². The molecule has 1 aliphatic carbocycles. The number of carboxylic acid groups (broad SMARTS) is 1. The van der Waals surface area contributed by atoms with Crippen LogP contribution in [0.25, 0.3) is 0 Å². The Morgan fingerprint density at radius 1 is 1.56 bits per heavy atom. The fraction of sp³-hybridized carbons (Fsp3) is 0.417. The molecule has 1 aromatic heterocycles. The van der Waals surface area contributed by atoms with E-state index in [2.05, 4.69) is 10.3 Å². The standard InChI is InChI=1S/C12H14N2O4/c1-2-18-11-9(4-3-5-13-11)14-10(15)7-6-8(7)12(16)17/h3-5,7-8H,2,6H2,1H3,(H,14,15)(H,16,17)/t7-,8+/m1/s1. The highest BCUT2D eigenvalue weighted by atomic mass is 16.5. The van der Waals surface area contributed by atoms with Crippen molar-refractivity contribution in [2.24, 2.45) is 11.8 Å². The Hall–Kier alpha value is -2.11. The van der Waals surface area contributed by atoms with Gasteiger partial charge in [0.15, 0.2) is 0 Å². The zero-order chi connectivity index (χ0) is 13.1. The molecule has 1 fully saturated rings. The molecule has 1 aliphatic rings. The minimum Gasteiger partial charge on any atom is -0.481 e. The number of hydrogen-bond donors (Lipinski definition) is 2. The van der Waals surface area contributed by atoms with Crippen LogP contribution in [0.2, 0.25) is 0 Å². The number of nitrogens with one attached hydrogen (secondary N) is 1. The van der Waals surface area contributed by atoms with Crippen LogP contribution in [0.1, 0.15) is 13.3 Å². The Bertz CT molecular complexity index is 475. The number of carbonyl (C=O) groups excluding carboxylic acids is 1. The van der Waals surface area contributed by atoms with Gasteiger partial charge < -0.3 is 15.2 Å². The SMILES string of the molecule is CCOc1ncccc1NC(=O)[C@@H]1C[C@@H]1C(=O)O. The summed E-state index contributed by atoms with van der Waals surface area (Å²) in [6, 6.07) is 3.35. The molecule has 1 saturated carbocycles. The number of nitrogens with zero attached hydrogens (tertiary/aromatic N) is 1. The molecule has 0 radical (unpaired) electrons. The Morgan fingerprint density at radius 3 is 2.94 bits per heavy atom. The first-order valence-electron chi connectivity index (χ1n) is 5.75. The molecule has 2 atom stereocenters. The number of ether oxygens (including phenoxy) is 1. The molecule has 1 amide bonds. The van der Waals surface area contributed by atoms with Crippen LogP contribution in [-0.2, 0) is 9.59 Å². The van der Waals surface area contributed by atoms with Crippen LogP contribution >= 0.6 is 0 Å². The maximum Gasteiger partial charge on any atom is 0.307 e. The van der Waals surface area contributed by atoms with Crippen molar-refractivity contribution in [3.8, 4) is 5.88 Å². The van der Waals surface area contributed by atoms with Gasteiger partial charge in [0.2, 0.25) is 11.8 Å².